The quantitative estimate of drug-likeness (QED) is 0.157. The highest BCUT2D eigenvalue weighted by Gasteiger charge is 2.41. The van der Waals surface area contributed by atoms with Crippen LogP contribution in [0.25, 0.3) is 0 Å². The fraction of sp³-hybridized carbons (Fsp3) is 1.00. The molecule has 0 N–H and O–H groups in total. The first-order valence-electron chi connectivity index (χ1n) is 11.3. The van der Waals surface area contributed by atoms with Gasteiger partial charge in [0.1, 0.15) is 0 Å². The average molecular weight is 373 g/mol. The lowest BCUT2D eigenvalue weighted by atomic mass is 9.91. The molecular formula is C22H44O4. The van der Waals surface area contributed by atoms with Crippen LogP contribution in [0.1, 0.15) is 98.3 Å². The summed E-state index contributed by atoms with van der Waals surface area (Å²) in [6.07, 6.45) is 14.2. The lowest BCUT2D eigenvalue weighted by Gasteiger charge is -2.39. The van der Waals surface area contributed by atoms with Crippen molar-refractivity contribution in [2.75, 3.05) is 26.4 Å². The molecule has 26 heavy (non-hydrogen) atoms. The minimum absolute atomic E-state index is 0.300. The van der Waals surface area contributed by atoms with Crippen LogP contribution in [0.4, 0.5) is 0 Å². The lowest BCUT2D eigenvalue weighted by Crippen LogP contribution is -2.46. The standard InChI is InChI=1S/C22H44O4/c1-5-9-10-11-12-13-16-20(17-14-15-18-21-19-23-21)22(24-6-2,25-7-3)26-8-4/h20-21H,5-19H2,1-4H3. The van der Waals surface area contributed by atoms with Crippen molar-refractivity contribution in [1.82, 2.24) is 0 Å². The van der Waals surface area contributed by atoms with Gasteiger partial charge in [-0.15, -0.1) is 0 Å². The molecule has 1 aliphatic heterocycles. The Morgan fingerprint density at radius 2 is 1.27 bits per heavy atom. The highest BCUT2D eigenvalue weighted by Crippen LogP contribution is 2.35. The fourth-order valence-corrected chi connectivity index (χ4v) is 3.75. The number of hydrogen-bond donors (Lipinski definition) is 0. The predicted molar refractivity (Wildman–Crippen MR) is 107 cm³/mol. The molecule has 2 atom stereocenters. The zero-order valence-corrected chi connectivity index (χ0v) is 17.9. The number of ether oxygens (including phenoxy) is 4. The van der Waals surface area contributed by atoms with Crippen molar-refractivity contribution in [3.63, 3.8) is 0 Å². The van der Waals surface area contributed by atoms with Crippen LogP contribution >= 0.6 is 0 Å². The van der Waals surface area contributed by atoms with Crippen molar-refractivity contribution < 1.29 is 18.9 Å². The van der Waals surface area contributed by atoms with Gasteiger partial charge in [-0.2, -0.15) is 0 Å². The van der Waals surface area contributed by atoms with E-state index in [9.17, 15) is 0 Å². The molecule has 156 valence electrons. The summed E-state index contributed by atoms with van der Waals surface area (Å²) in [5.41, 5.74) is 0. The number of hydrogen-bond acceptors (Lipinski definition) is 4. The topological polar surface area (TPSA) is 40.2 Å². The van der Waals surface area contributed by atoms with Crippen molar-refractivity contribution in [3.8, 4) is 0 Å². The Balaban J connectivity index is 2.56. The van der Waals surface area contributed by atoms with E-state index in [2.05, 4.69) is 6.92 Å². The SMILES string of the molecule is CCCCCCCCC(CCCCC1CO1)C(OCC)(OCC)OCC. The Hall–Kier alpha value is -0.160. The van der Waals surface area contributed by atoms with Gasteiger partial charge in [0.05, 0.1) is 12.7 Å². The Morgan fingerprint density at radius 1 is 0.769 bits per heavy atom. The van der Waals surface area contributed by atoms with E-state index in [4.69, 9.17) is 18.9 Å². The Kier molecular flexibility index (Phi) is 13.6. The van der Waals surface area contributed by atoms with Gasteiger partial charge >= 0.3 is 0 Å². The van der Waals surface area contributed by atoms with Gasteiger partial charge in [0.2, 0.25) is 0 Å². The highest BCUT2D eigenvalue weighted by atomic mass is 16.9. The first kappa shape index (κ1) is 23.9. The molecule has 0 spiro atoms. The van der Waals surface area contributed by atoms with Gasteiger partial charge in [0.15, 0.2) is 0 Å². The second-order valence-corrected chi connectivity index (χ2v) is 7.40. The molecule has 1 aliphatic rings. The summed E-state index contributed by atoms with van der Waals surface area (Å²) in [6, 6.07) is 0. The minimum atomic E-state index is -0.863. The molecule has 1 rings (SSSR count). The first-order valence-corrected chi connectivity index (χ1v) is 11.3. The van der Waals surface area contributed by atoms with Crippen LogP contribution in [0, 0.1) is 5.92 Å². The molecule has 1 saturated heterocycles. The van der Waals surface area contributed by atoms with Crippen molar-refractivity contribution >= 4 is 0 Å². The van der Waals surface area contributed by atoms with Crippen LogP contribution < -0.4 is 0 Å². The van der Waals surface area contributed by atoms with E-state index in [1.807, 2.05) is 20.8 Å². The van der Waals surface area contributed by atoms with Crippen molar-refractivity contribution in [1.29, 1.82) is 0 Å². The van der Waals surface area contributed by atoms with E-state index in [-0.39, 0.29) is 0 Å². The second-order valence-electron chi connectivity index (χ2n) is 7.40. The normalized spacial score (nSPS) is 18.2. The van der Waals surface area contributed by atoms with Crippen LogP contribution in [-0.2, 0) is 18.9 Å². The average Bonchev–Trinajstić information content (AvgIpc) is 3.44. The van der Waals surface area contributed by atoms with Gasteiger partial charge in [-0.05, 0) is 40.0 Å². The third-order valence-corrected chi connectivity index (χ3v) is 5.17. The van der Waals surface area contributed by atoms with Crippen molar-refractivity contribution in [2.45, 2.75) is 110 Å². The fourth-order valence-electron chi connectivity index (χ4n) is 3.75. The maximum absolute atomic E-state index is 6.09. The summed E-state index contributed by atoms with van der Waals surface area (Å²) in [6.45, 7) is 11.1. The van der Waals surface area contributed by atoms with Crippen molar-refractivity contribution in [2.24, 2.45) is 5.92 Å². The molecule has 4 heteroatoms. The van der Waals surface area contributed by atoms with Crippen molar-refractivity contribution in [3.05, 3.63) is 0 Å². The molecule has 4 nitrogen and oxygen atoms in total. The summed E-state index contributed by atoms with van der Waals surface area (Å²) in [4.78, 5) is 0. The summed E-state index contributed by atoms with van der Waals surface area (Å²) in [7, 11) is 0. The van der Waals surface area contributed by atoms with Crippen LogP contribution in [0.15, 0.2) is 0 Å². The van der Waals surface area contributed by atoms with Gasteiger partial charge in [-0.25, -0.2) is 0 Å². The third kappa shape index (κ3) is 9.68. The van der Waals surface area contributed by atoms with Crippen LogP contribution in [0.5, 0.6) is 0 Å². The van der Waals surface area contributed by atoms with Crippen LogP contribution in [-0.4, -0.2) is 38.5 Å². The number of rotatable bonds is 19. The predicted octanol–water partition coefficient (Wildman–Crippen LogP) is 6.08. The van der Waals surface area contributed by atoms with E-state index in [0.717, 1.165) is 19.4 Å². The molecule has 0 saturated carbocycles. The number of epoxide rings is 1. The van der Waals surface area contributed by atoms with Gasteiger partial charge in [0.25, 0.3) is 5.97 Å². The Morgan fingerprint density at radius 3 is 1.77 bits per heavy atom. The molecule has 0 aromatic rings. The van der Waals surface area contributed by atoms with E-state index in [0.29, 0.717) is 31.8 Å². The zero-order chi connectivity index (χ0) is 19.1. The summed E-state index contributed by atoms with van der Waals surface area (Å²) in [5, 5.41) is 0. The monoisotopic (exact) mass is 372 g/mol. The minimum Gasteiger partial charge on any atom is -0.373 e. The summed E-state index contributed by atoms with van der Waals surface area (Å²) < 4.78 is 23.6. The maximum atomic E-state index is 6.09. The van der Waals surface area contributed by atoms with Gasteiger partial charge in [-0.1, -0.05) is 58.3 Å². The smallest absolute Gasteiger partial charge is 0.285 e. The molecule has 0 aliphatic carbocycles. The summed E-state index contributed by atoms with van der Waals surface area (Å²) in [5.74, 6) is -0.564. The molecule has 0 radical (unpaired) electrons. The zero-order valence-electron chi connectivity index (χ0n) is 17.9. The third-order valence-electron chi connectivity index (χ3n) is 5.17. The highest BCUT2D eigenvalue weighted by molar-refractivity contribution is 4.74. The second kappa shape index (κ2) is 14.8. The molecule has 0 bridgehead atoms. The molecule has 2 unspecified atom stereocenters. The van der Waals surface area contributed by atoms with Crippen LogP contribution in [0.3, 0.4) is 0 Å². The molecular weight excluding hydrogens is 328 g/mol. The largest absolute Gasteiger partial charge is 0.373 e. The van der Waals surface area contributed by atoms with Gasteiger partial charge in [-0.3, -0.25) is 0 Å². The summed E-state index contributed by atoms with van der Waals surface area (Å²) >= 11 is 0. The van der Waals surface area contributed by atoms with E-state index >= 15 is 0 Å². The van der Waals surface area contributed by atoms with E-state index in [1.54, 1.807) is 0 Å². The van der Waals surface area contributed by atoms with Crippen LogP contribution in [0.2, 0.25) is 0 Å². The van der Waals surface area contributed by atoms with Gasteiger partial charge < -0.3 is 18.9 Å². The Bertz CT molecular complexity index is 300. The molecule has 1 heterocycles. The molecule has 1 fully saturated rings. The lowest BCUT2D eigenvalue weighted by molar-refractivity contribution is -0.403. The van der Waals surface area contributed by atoms with E-state index < -0.39 is 5.97 Å². The van der Waals surface area contributed by atoms with Gasteiger partial charge in [0, 0.05) is 25.7 Å². The maximum Gasteiger partial charge on any atom is 0.285 e. The van der Waals surface area contributed by atoms with E-state index in [1.165, 1.54) is 57.8 Å². The Labute approximate surface area is 162 Å². The first-order chi connectivity index (χ1) is 12.7. The molecule has 0 aromatic heterocycles. The number of unbranched alkanes of at least 4 members (excludes halogenated alkanes) is 6. The molecule has 0 aromatic carbocycles. The molecule has 0 amide bonds.